The van der Waals surface area contributed by atoms with Crippen LogP contribution >= 0.6 is 11.8 Å². The zero-order chi connectivity index (χ0) is 24.0. The first-order valence-electron chi connectivity index (χ1n) is 10.4. The average molecular weight is 467 g/mol. The standard InChI is InChI=1S/C23H26N6O3S/c1-5-28-21(17-8-10-18(11-9-17)23(2,3)4)26-27-22(28)33-15-20(30)25-24-14-16-6-12-19(13-7-16)29(31)32/h6-14H,5,15H2,1-4H3,(H,25,30)/b24-14+. The van der Waals surface area contributed by atoms with Gasteiger partial charge >= 0.3 is 0 Å². The third kappa shape index (κ3) is 6.26. The van der Waals surface area contributed by atoms with Gasteiger partial charge in [0.25, 0.3) is 11.6 Å². The van der Waals surface area contributed by atoms with E-state index in [1.54, 1.807) is 12.1 Å². The van der Waals surface area contributed by atoms with Crippen molar-refractivity contribution in [2.45, 2.75) is 44.8 Å². The largest absolute Gasteiger partial charge is 0.302 e. The molecule has 33 heavy (non-hydrogen) atoms. The average Bonchev–Trinajstić information content (AvgIpc) is 3.20. The second kappa shape index (κ2) is 10.4. The zero-order valence-electron chi connectivity index (χ0n) is 19.0. The van der Waals surface area contributed by atoms with Crippen LogP contribution in [0.25, 0.3) is 11.4 Å². The molecule has 0 spiro atoms. The number of hydrogen-bond donors (Lipinski definition) is 1. The van der Waals surface area contributed by atoms with Crippen LogP contribution in [0.2, 0.25) is 0 Å². The summed E-state index contributed by atoms with van der Waals surface area (Å²) in [4.78, 5) is 22.4. The number of non-ortho nitro benzene ring substituents is 1. The summed E-state index contributed by atoms with van der Waals surface area (Å²) >= 11 is 1.28. The van der Waals surface area contributed by atoms with Crippen LogP contribution in [0.5, 0.6) is 0 Å². The second-order valence-corrected chi connectivity index (χ2v) is 9.25. The van der Waals surface area contributed by atoms with Crippen molar-refractivity contribution in [2.24, 2.45) is 5.10 Å². The molecule has 0 aliphatic carbocycles. The Kier molecular flexibility index (Phi) is 7.59. The van der Waals surface area contributed by atoms with Crippen LogP contribution in [-0.2, 0) is 16.8 Å². The van der Waals surface area contributed by atoms with E-state index in [1.165, 1.54) is 35.7 Å². The monoisotopic (exact) mass is 466 g/mol. The lowest BCUT2D eigenvalue weighted by Crippen LogP contribution is -2.20. The fraction of sp³-hybridized carbons (Fsp3) is 0.304. The first kappa shape index (κ1) is 24.1. The van der Waals surface area contributed by atoms with E-state index in [0.717, 1.165) is 11.4 Å². The summed E-state index contributed by atoms with van der Waals surface area (Å²) in [6.07, 6.45) is 1.43. The Morgan fingerprint density at radius 3 is 2.39 bits per heavy atom. The highest BCUT2D eigenvalue weighted by atomic mass is 32.2. The lowest BCUT2D eigenvalue weighted by Gasteiger charge is -2.19. The predicted octanol–water partition coefficient (Wildman–Crippen LogP) is 4.41. The number of carbonyl (C=O) groups excluding carboxylic acids is 1. The number of nitrogens with one attached hydrogen (secondary N) is 1. The Balaban J connectivity index is 1.59. The molecule has 3 rings (SSSR count). The van der Waals surface area contributed by atoms with Crippen LogP contribution in [0.15, 0.2) is 58.8 Å². The molecule has 172 valence electrons. The van der Waals surface area contributed by atoms with E-state index >= 15 is 0 Å². The van der Waals surface area contributed by atoms with Gasteiger partial charge in [0.05, 0.1) is 16.9 Å². The van der Waals surface area contributed by atoms with Crippen molar-refractivity contribution in [3.05, 3.63) is 69.8 Å². The molecular formula is C23H26N6O3S. The summed E-state index contributed by atoms with van der Waals surface area (Å²) in [5.74, 6) is 0.593. The molecule has 3 aromatic rings. The van der Waals surface area contributed by atoms with Crippen molar-refractivity contribution in [1.29, 1.82) is 0 Å². The van der Waals surface area contributed by atoms with Crippen molar-refractivity contribution in [2.75, 3.05) is 5.75 Å². The molecule has 0 aliphatic rings. The van der Waals surface area contributed by atoms with Crippen molar-refractivity contribution >= 4 is 29.6 Å². The number of aromatic nitrogens is 3. The maximum absolute atomic E-state index is 12.2. The van der Waals surface area contributed by atoms with Crippen molar-refractivity contribution in [1.82, 2.24) is 20.2 Å². The van der Waals surface area contributed by atoms with Gasteiger partial charge in [0.2, 0.25) is 0 Å². The minimum atomic E-state index is -0.471. The Labute approximate surface area is 196 Å². The summed E-state index contributed by atoms with van der Waals surface area (Å²) in [6.45, 7) is 9.20. The van der Waals surface area contributed by atoms with Gasteiger partial charge in [0, 0.05) is 24.2 Å². The lowest BCUT2D eigenvalue weighted by atomic mass is 9.87. The summed E-state index contributed by atoms with van der Waals surface area (Å²) < 4.78 is 1.98. The van der Waals surface area contributed by atoms with E-state index in [2.05, 4.69) is 53.6 Å². The summed E-state index contributed by atoms with van der Waals surface area (Å²) in [5, 5.41) is 23.8. The summed E-state index contributed by atoms with van der Waals surface area (Å²) in [6, 6.07) is 14.2. The van der Waals surface area contributed by atoms with E-state index in [9.17, 15) is 14.9 Å². The number of nitro benzene ring substituents is 1. The number of benzene rings is 2. The lowest BCUT2D eigenvalue weighted by molar-refractivity contribution is -0.384. The SMILES string of the molecule is CCn1c(SCC(=O)N/N=C/c2ccc([N+](=O)[O-])cc2)nnc1-c1ccc(C(C)(C)C)cc1. The number of amides is 1. The van der Waals surface area contributed by atoms with Crippen LogP contribution < -0.4 is 5.43 Å². The number of nitrogens with zero attached hydrogens (tertiary/aromatic N) is 5. The number of nitro groups is 1. The molecule has 1 N–H and O–H groups in total. The smallest absolute Gasteiger partial charge is 0.269 e. The van der Waals surface area contributed by atoms with Gasteiger partial charge in [0.15, 0.2) is 11.0 Å². The van der Waals surface area contributed by atoms with Gasteiger partial charge in [0.1, 0.15) is 0 Å². The molecule has 0 bridgehead atoms. The molecule has 0 aliphatic heterocycles. The van der Waals surface area contributed by atoms with Crippen LogP contribution in [-0.4, -0.2) is 37.6 Å². The number of thioether (sulfide) groups is 1. The quantitative estimate of drug-likeness (QED) is 0.227. The second-order valence-electron chi connectivity index (χ2n) is 8.31. The topological polar surface area (TPSA) is 115 Å². The van der Waals surface area contributed by atoms with Crippen LogP contribution in [0.1, 0.15) is 38.8 Å². The first-order chi connectivity index (χ1) is 15.7. The molecule has 10 heteroatoms. The molecule has 0 atom stereocenters. The van der Waals surface area contributed by atoms with Gasteiger partial charge in [-0.05, 0) is 35.6 Å². The maximum Gasteiger partial charge on any atom is 0.269 e. The molecule has 0 unspecified atom stereocenters. The van der Waals surface area contributed by atoms with Crippen LogP contribution in [0, 0.1) is 10.1 Å². The number of carbonyl (C=O) groups is 1. The highest BCUT2D eigenvalue weighted by Crippen LogP contribution is 2.27. The van der Waals surface area contributed by atoms with E-state index in [1.807, 2.05) is 23.6 Å². The van der Waals surface area contributed by atoms with Crippen molar-refractivity contribution in [3.8, 4) is 11.4 Å². The van der Waals surface area contributed by atoms with Crippen molar-refractivity contribution < 1.29 is 9.72 Å². The molecule has 9 nitrogen and oxygen atoms in total. The first-order valence-corrected chi connectivity index (χ1v) is 11.4. The maximum atomic E-state index is 12.2. The third-order valence-corrected chi connectivity index (χ3v) is 5.85. The highest BCUT2D eigenvalue weighted by Gasteiger charge is 2.17. The van der Waals surface area contributed by atoms with Gasteiger partial charge in [-0.2, -0.15) is 5.10 Å². The van der Waals surface area contributed by atoms with Crippen LogP contribution in [0.4, 0.5) is 5.69 Å². The van der Waals surface area contributed by atoms with Gasteiger partial charge in [-0.15, -0.1) is 10.2 Å². The molecule has 0 fully saturated rings. The predicted molar refractivity (Wildman–Crippen MR) is 129 cm³/mol. The Hall–Kier alpha value is -3.53. The van der Waals surface area contributed by atoms with Gasteiger partial charge in [-0.25, -0.2) is 5.43 Å². The number of hydrazone groups is 1. The number of rotatable bonds is 8. The van der Waals surface area contributed by atoms with E-state index in [0.29, 0.717) is 17.3 Å². The molecule has 1 amide bonds. The fourth-order valence-electron chi connectivity index (χ4n) is 3.04. The van der Waals surface area contributed by atoms with Gasteiger partial charge in [-0.3, -0.25) is 14.9 Å². The minimum absolute atomic E-state index is 0.00265. The van der Waals surface area contributed by atoms with Gasteiger partial charge < -0.3 is 4.57 Å². The molecule has 0 saturated heterocycles. The zero-order valence-corrected chi connectivity index (χ0v) is 19.8. The van der Waals surface area contributed by atoms with Crippen LogP contribution in [0.3, 0.4) is 0 Å². The fourth-order valence-corrected chi connectivity index (χ4v) is 3.83. The van der Waals surface area contributed by atoms with E-state index in [4.69, 9.17) is 0 Å². The summed E-state index contributed by atoms with van der Waals surface area (Å²) in [5.41, 5.74) is 5.38. The van der Waals surface area contributed by atoms with Gasteiger partial charge in [-0.1, -0.05) is 56.8 Å². The van der Waals surface area contributed by atoms with Crippen molar-refractivity contribution in [3.63, 3.8) is 0 Å². The summed E-state index contributed by atoms with van der Waals surface area (Å²) in [7, 11) is 0. The Morgan fingerprint density at radius 1 is 1.15 bits per heavy atom. The Bertz CT molecular complexity index is 1150. The molecule has 0 radical (unpaired) electrons. The normalized spacial score (nSPS) is 11.6. The third-order valence-electron chi connectivity index (χ3n) is 4.88. The van der Waals surface area contributed by atoms with E-state index in [-0.39, 0.29) is 22.8 Å². The molecule has 2 aromatic carbocycles. The Morgan fingerprint density at radius 2 is 1.82 bits per heavy atom. The molecular weight excluding hydrogens is 440 g/mol. The minimum Gasteiger partial charge on any atom is -0.302 e. The molecule has 1 aromatic heterocycles. The highest BCUT2D eigenvalue weighted by molar-refractivity contribution is 7.99. The molecule has 0 saturated carbocycles. The molecule has 1 heterocycles. The number of hydrogen-bond acceptors (Lipinski definition) is 7. The van der Waals surface area contributed by atoms with E-state index < -0.39 is 4.92 Å².